The number of Topliss-reactive ketones (excluding diaryl/α,β-unsaturated/α-hetero) is 1. The van der Waals surface area contributed by atoms with Crippen LogP contribution in [0.1, 0.15) is 37.3 Å². The number of halogens is 3. The number of aliphatic hydroxyl groups is 1. The number of nitrogens with two attached hydrogens (primary N) is 1. The van der Waals surface area contributed by atoms with Crippen LogP contribution in [0.25, 0.3) is 0 Å². The summed E-state index contributed by atoms with van der Waals surface area (Å²) < 4.78 is 37.6. The molecule has 1 fully saturated rings. The van der Waals surface area contributed by atoms with Crippen LogP contribution in [0.3, 0.4) is 0 Å². The van der Waals surface area contributed by atoms with Crippen molar-refractivity contribution in [1.29, 1.82) is 0 Å². The van der Waals surface area contributed by atoms with Crippen LogP contribution in [0.4, 0.5) is 13.2 Å². The molecule has 2 rings (SSSR count). The molecule has 0 heterocycles. The fourth-order valence-electron chi connectivity index (χ4n) is 2.65. The van der Waals surface area contributed by atoms with Gasteiger partial charge in [0.2, 0.25) is 0 Å². The molecule has 0 saturated heterocycles. The highest BCUT2D eigenvalue weighted by molar-refractivity contribution is 5.96. The second kappa shape index (κ2) is 4.56. The Morgan fingerprint density at radius 3 is 2.25 bits per heavy atom. The van der Waals surface area contributed by atoms with Crippen molar-refractivity contribution in [2.24, 2.45) is 5.73 Å². The van der Waals surface area contributed by atoms with Gasteiger partial charge in [0, 0.05) is 0 Å². The molecule has 1 aliphatic carbocycles. The van der Waals surface area contributed by atoms with Gasteiger partial charge in [-0.2, -0.15) is 13.2 Å². The average molecular weight is 287 g/mol. The van der Waals surface area contributed by atoms with E-state index in [9.17, 15) is 23.1 Å². The molecule has 0 spiro atoms. The van der Waals surface area contributed by atoms with Crippen LogP contribution in [0.15, 0.2) is 24.3 Å². The van der Waals surface area contributed by atoms with Crippen molar-refractivity contribution < 1.29 is 23.1 Å². The lowest BCUT2D eigenvalue weighted by molar-refractivity contribution is -0.146. The Morgan fingerprint density at radius 1 is 1.20 bits per heavy atom. The predicted molar refractivity (Wildman–Crippen MR) is 66.8 cm³/mol. The van der Waals surface area contributed by atoms with Crippen LogP contribution >= 0.6 is 0 Å². The van der Waals surface area contributed by atoms with Crippen molar-refractivity contribution >= 4 is 5.78 Å². The maximum Gasteiger partial charge on any atom is 0.416 e. The molecule has 1 saturated carbocycles. The highest BCUT2D eigenvalue weighted by atomic mass is 19.4. The standard InChI is InChI=1S/C14H16F3NO2/c1-12(20)7-2-8-13(18,11(12)19)9-3-5-10(6-4-9)14(15,16)17/h3-6,20H,2,7-8,18H2,1H3/t12-,13+/m1/s1. The van der Waals surface area contributed by atoms with Gasteiger partial charge in [0.25, 0.3) is 0 Å². The maximum absolute atomic E-state index is 12.5. The monoisotopic (exact) mass is 287 g/mol. The van der Waals surface area contributed by atoms with E-state index in [4.69, 9.17) is 5.73 Å². The van der Waals surface area contributed by atoms with E-state index in [0.717, 1.165) is 12.1 Å². The number of carbonyl (C=O) groups is 1. The molecule has 3 nitrogen and oxygen atoms in total. The first-order valence-electron chi connectivity index (χ1n) is 6.31. The van der Waals surface area contributed by atoms with Gasteiger partial charge in [-0.1, -0.05) is 12.1 Å². The SMILES string of the molecule is C[C@@]1(O)CCC[C@](N)(c2ccc(C(F)(F)F)cc2)C1=O. The van der Waals surface area contributed by atoms with Crippen LogP contribution < -0.4 is 5.73 Å². The highest BCUT2D eigenvalue weighted by Gasteiger charge is 2.48. The van der Waals surface area contributed by atoms with Gasteiger partial charge >= 0.3 is 6.18 Å². The number of carbonyl (C=O) groups excluding carboxylic acids is 1. The van der Waals surface area contributed by atoms with Crippen LogP contribution in [-0.4, -0.2) is 16.5 Å². The zero-order valence-corrected chi connectivity index (χ0v) is 11.0. The van der Waals surface area contributed by atoms with Crippen molar-refractivity contribution in [3.05, 3.63) is 35.4 Å². The molecule has 110 valence electrons. The first kappa shape index (κ1) is 15.0. The molecular weight excluding hydrogens is 271 g/mol. The van der Waals surface area contributed by atoms with Crippen LogP contribution in [0, 0.1) is 0 Å². The zero-order valence-electron chi connectivity index (χ0n) is 11.0. The van der Waals surface area contributed by atoms with Gasteiger partial charge in [0.05, 0.1) is 5.56 Å². The minimum Gasteiger partial charge on any atom is -0.382 e. The first-order chi connectivity index (χ1) is 9.07. The second-order valence-corrected chi connectivity index (χ2v) is 5.50. The number of rotatable bonds is 1. The average Bonchev–Trinajstić information content (AvgIpc) is 2.35. The van der Waals surface area contributed by atoms with Gasteiger partial charge in [-0.15, -0.1) is 0 Å². The van der Waals surface area contributed by atoms with E-state index < -0.39 is 28.7 Å². The van der Waals surface area contributed by atoms with Gasteiger partial charge < -0.3 is 10.8 Å². The quantitative estimate of drug-likeness (QED) is 0.833. The van der Waals surface area contributed by atoms with E-state index in [1.54, 1.807) is 0 Å². The summed E-state index contributed by atoms with van der Waals surface area (Å²) in [7, 11) is 0. The third-order valence-electron chi connectivity index (χ3n) is 3.86. The van der Waals surface area contributed by atoms with E-state index in [1.165, 1.54) is 19.1 Å². The molecule has 6 heteroatoms. The van der Waals surface area contributed by atoms with E-state index in [-0.39, 0.29) is 0 Å². The van der Waals surface area contributed by atoms with Crippen molar-refractivity contribution in [3.8, 4) is 0 Å². The maximum atomic E-state index is 12.5. The molecule has 0 aliphatic heterocycles. The molecule has 2 atom stereocenters. The summed E-state index contributed by atoms with van der Waals surface area (Å²) in [6.07, 6.45) is -3.27. The molecule has 0 unspecified atom stereocenters. The smallest absolute Gasteiger partial charge is 0.382 e. The molecule has 0 amide bonds. The number of alkyl halides is 3. The Morgan fingerprint density at radius 2 is 1.75 bits per heavy atom. The van der Waals surface area contributed by atoms with E-state index in [2.05, 4.69) is 0 Å². The van der Waals surface area contributed by atoms with Gasteiger partial charge in [0.1, 0.15) is 11.1 Å². The van der Waals surface area contributed by atoms with Gasteiger partial charge in [-0.25, -0.2) is 0 Å². The van der Waals surface area contributed by atoms with Gasteiger partial charge in [-0.05, 0) is 43.9 Å². The van der Waals surface area contributed by atoms with E-state index >= 15 is 0 Å². The molecular formula is C14H16F3NO2. The summed E-state index contributed by atoms with van der Waals surface area (Å²) >= 11 is 0. The van der Waals surface area contributed by atoms with Gasteiger partial charge in [0.15, 0.2) is 5.78 Å². The molecule has 1 aliphatic rings. The lowest BCUT2D eigenvalue weighted by Crippen LogP contribution is -2.57. The summed E-state index contributed by atoms with van der Waals surface area (Å²) in [5, 5.41) is 10.0. The Kier molecular flexibility index (Phi) is 3.42. The number of hydrogen-bond donors (Lipinski definition) is 2. The fourth-order valence-corrected chi connectivity index (χ4v) is 2.65. The molecule has 0 bridgehead atoms. The summed E-state index contributed by atoms with van der Waals surface area (Å²) in [4.78, 5) is 12.3. The number of benzene rings is 1. The number of ketones is 1. The molecule has 0 radical (unpaired) electrons. The predicted octanol–water partition coefficient (Wildman–Crippen LogP) is 2.36. The second-order valence-electron chi connectivity index (χ2n) is 5.50. The lowest BCUT2D eigenvalue weighted by Gasteiger charge is -2.40. The Bertz CT molecular complexity index is 522. The third-order valence-corrected chi connectivity index (χ3v) is 3.86. The van der Waals surface area contributed by atoms with Crippen LogP contribution in [0.5, 0.6) is 0 Å². The first-order valence-corrected chi connectivity index (χ1v) is 6.31. The van der Waals surface area contributed by atoms with Crippen molar-refractivity contribution in [2.45, 2.75) is 43.5 Å². The van der Waals surface area contributed by atoms with E-state index in [0.29, 0.717) is 24.8 Å². The Balaban J connectivity index is 2.37. The zero-order chi connectivity index (χ0) is 15.2. The summed E-state index contributed by atoms with van der Waals surface area (Å²) in [5.74, 6) is -0.545. The molecule has 1 aromatic rings. The molecule has 20 heavy (non-hydrogen) atoms. The lowest BCUT2D eigenvalue weighted by atomic mass is 9.70. The van der Waals surface area contributed by atoms with E-state index in [1.807, 2.05) is 0 Å². The normalized spacial score (nSPS) is 31.4. The third kappa shape index (κ3) is 2.45. The summed E-state index contributed by atoms with van der Waals surface area (Å²) in [6.45, 7) is 1.39. The minimum atomic E-state index is -4.43. The highest BCUT2D eigenvalue weighted by Crippen LogP contribution is 2.38. The number of hydrogen-bond acceptors (Lipinski definition) is 3. The van der Waals surface area contributed by atoms with Crippen molar-refractivity contribution in [2.75, 3.05) is 0 Å². The minimum absolute atomic E-state index is 0.301. The molecule has 0 aromatic heterocycles. The Hall–Kier alpha value is -1.40. The largest absolute Gasteiger partial charge is 0.416 e. The van der Waals surface area contributed by atoms with Crippen molar-refractivity contribution in [1.82, 2.24) is 0 Å². The van der Waals surface area contributed by atoms with Gasteiger partial charge in [-0.3, -0.25) is 4.79 Å². The summed E-state index contributed by atoms with van der Waals surface area (Å²) in [5.41, 5.74) is 2.62. The van der Waals surface area contributed by atoms with Crippen LogP contribution in [0.2, 0.25) is 0 Å². The Labute approximate surface area is 114 Å². The molecule has 1 aromatic carbocycles. The topological polar surface area (TPSA) is 63.3 Å². The fraction of sp³-hybridized carbons (Fsp3) is 0.500. The van der Waals surface area contributed by atoms with Crippen LogP contribution in [-0.2, 0) is 16.5 Å². The molecule has 3 N–H and O–H groups in total. The van der Waals surface area contributed by atoms with Crippen molar-refractivity contribution in [3.63, 3.8) is 0 Å². The summed E-state index contributed by atoms with van der Waals surface area (Å²) in [6, 6.07) is 4.23.